The zero-order valence-electron chi connectivity index (χ0n) is 10.8. The highest BCUT2D eigenvalue weighted by Gasteiger charge is 2.12. The summed E-state index contributed by atoms with van der Waals surface area (Å²) in [5.41, 5.74) is 0.686. The lowest BCUT2D eigenvalue weighted by molar-refractivity contribution is -0.384. The molecule has 1 rings (SSSR count). The predicted octanol–water partition coefficient (Wildman–Crippen LogP) is 2.04. The van der Waals surface area contributed by atoms with Gasteiger partial charge in [-0.1, -0.05) is 0 Å². The first-order valence-electron chi connectivity index (χ1n) is 5.69. The van der Waals surface area contributed by atoms with Crippen LogP contribution in [-0.4, -0.2) is 27.2 Å². The van der Waals surface area contributed by atoms with Gasteiger partial charge in [-0.3, -0.25) is 14.3 Å². The van der Waals surface area contributed by atoms with Gasteiger partial charge in [-0.05, 0) is 19.4 Å². The Morgan fingerprint density at radius 3 is 2.79 bits per heavy atom. The van der Waals surface area contributed by atoms with Crippen molar-refractivity contribution in [3.8, 4) is 6.07 Å². The fraction of sp³-hybridized carbons (Fsp3) is 0.417. The van der Waals surface area contributed by atoms with E-state index in [-0.39, 0.29) is 17.3 Å². The van der Waals surface area contributed by atoms with Crippen LogP contribution in [0.3, 0.4) is 0 Å². The molecule has 0 aliphatic carbocycles. The summed E-state index contributed by atoms with van der Waals surface area (Å²) in [6, 6.07) is 6.10. The lowest BCUT2D eigenvalue weighted by atomic mass is 10.1. The highest BCUT2D eigenvalue weighted by atomic mass is 32.2. The Morgan fingerprint density at radius 2 is 2.26 bits per heavy atom. The Balaban J connectivity index is 2.81. The van der Waals surface area contributed by atoms with Crippen LogP contribution < -0.4 is 5.32 Å². The van der Waals surface area contributed by atoms with Crippen molar-refractivity contribution < 1.29 is 9.13 Å². The minimum absolute atomic E-state index is 0.0393. The molecule has 0 amide bonds. The van der Waals surface area contributed by atoms with Gasteiger partial charge in [0, 0.05) is 41.0 Å². The van der Waals surface area contributed by atoms with Crippen LogP contribution in [0.1, 0.15) is 18.9 Å². The van der Waals surface area contributed by atoms with Crippen LogP contribution in [0.5, 0.6) is 0 Å². The third-order valence-corrected chi connectivity index (χ3v) is 3.39. The summed E-state index contributed by atoms with van der Waals surface area (Å²) >= 11 is 0. The van der Waals surface area contributed by atoms with E-state index in [0.29, 0.717) is 17.9 Å². The van der Waals surface area contributed by atoms with Crippen molar-refractivity contribution in [3.05, 3.63) is 33.9 Å². The molecule has 0 saturated heterocycles. The summed E-state index contributed by atoms with van der Waals surface area (Å²) in [5, 5.41) is 22.7. The number of benzene rings is 1. The number of nitrogens with zero attached hydrogens (tertiary/aromatic N) is 2. The number of nitro groups is 1. The van der Waals surface area contributed by atoms with E-state index in [1.807, 2.05) is 13.0 Å². The summed E-state index contributed by atoms with van der Waals surface area (Å²) in [6.07, 6.45) is 2.34. The number of nitrogens with one attached hydrogen (secondary N) is 1. The summed E-state index contributed by atoms with van der Waals surface area (Å²) in [6.45, 7) is 1.91. The lowest BCUT2D eigenvalue weighted by Gasteiger charge is -2.15. The van der Waals surface area contributed by atoms with Crippen LogP contribution in [0.25, 0.3) is 0 Å². The van der Waals surface area contributed by atoms with Crippen molar-refractivity contribution in [2.45, 2.75) is 19.4 Å². The van der Waals surface area contributed by atoms with E-state index >= 15 is 0 Å². The molecule has 6 nitrogen and oxygen atoms in total. The monoisotopic (exact) mass is 281 g/mol. The van der Waals surface area contributed by atoms with E-state index in [9.17, 15) is 14.3 Å². The van der Waals surface area contributed by atoms with Gasteiger partial charge in [0.05, 0.1) is 16.2 Å². The fourth-order valence-electron chi connectivity index (χ4n) is 1.54. The van der Waals surface area contributed by atoms with Gasteiger partial charge in [-0.25, -0.2) is 0 Å². The van der Waals surface area contributed by atoms with E-state index in [4.69, 9.17) is 5.26 Å². The number of rotatable bonds is 6. The molecule has 0 spiro atoms. The highest BCUT2D eigenvalue weighted by Crippen LogP contribution is 2.22. The van der Waals surface area contributed by atoms with E-state index in [1.54, 1.807) is 6.26 Å². The largest absolute Gasteiger partial charge is 0.381 e. The van der Waals surface area contributed by atoms with Crippen LogP contribution in [0, 0.1) is 21.4 Å². The second kappa shape index (κ2) is 6.85. The summed E-state index contributed by atoms with van der Waals surface area (Å²) in [7, 11) is -0.855. The molecule has 7 heteroatoms. The summed E-state index contributed by atoms with van der Waals surface area (Å²) in [5.74, 6) is 0.572. The second-order valence-corrected chi connectivity index (χ2v) is 5.76. The van der Waals surface area contributed by atoms with Crippen molar-refractivity contribution in [2.24, 2.45) is 0 Å². The maximum atomic E-state index is 11.0. The molecule has 0 bridgehead atoms. The van der Waals surface area contributed by atoms with Gasteiger partial charge in [0.25, 0.3) is 5.69 Å². The van der Waals surface area contributed by atoms with Gasteiger partial charge in [0.1, 0.15) is 6.07 Å². The molecule has 0 saturated carbocycles. The molecule has 1 aromatic carbocycles. The normalized spacial score (nSPS) is 13.3. The standard InChI is InChI=1S/C12H15N3O3S/c1-9(5-6-19(2)18)14-12-4-3-11(15(16)17)7-10(12)8-13/h3-4,7,9,14H,5-6H2,1-2H3. The maximum absolute atomic E-state index is 11.0. The third kappa shape index (κ3) is 4.67. The minimum atomic E-state index is -0.855. The number of nitriles is 1. The first-order chi connectivity index (χ1) is 8.93. The average Bonchev–Trinajstić information content (AvgIpc) is 2.36. The molecule has 0 radical (unpaired) electrons. The number of hydrogen-bond donors (Lipinski definition) is 1. The molecular weight excluding hydrogens is 266 g/mol. The zero-order chi connectivity index (χ0) is 14.4. The molecule has 2 atom stereocenters. The van der Waals surface area contributed by atoms with E-state index in [0.717, 1.165) is 0 Å². The van der Waals surface area contributed by atoms with Gasteiger partial charge < -0.3 is 5.32 Å². The van der Waals surface area contributed by atoms with Crippen molar-refractivity contribution >= 4 is 22.2 Å². The molecule has 0 aliphatic heterocycles. The average molecular weight is 281 g/mol. The van der Waals surface area contributed by atoms with Crippen LogP contribution in [0.2, 0.25) is 0 Å². The molecule has 0 heterocycles. The first-order valence-corrected chi connectivity index (χ1v) is 7.42. The van der Waals surface area contributed by atoms with Gasteiger partial charge in [0.15, 0.2) is 0 Å². The van der Waals surface area contributed by atoms with Crippen LogP contribution in [0.4, 0.5) is 11.4 Å². The van der Waals surface area contributed by atoms with Gasteiger partial charge in [0.2, 0.25) is 0 Å². The van der Waals surface area contributed by atoms with Crippen molar-refractivity contribution in [3.63, 3.8) is 0 Å². The van der Waals surface area contributed by atoms with E-state index < -0.39 is 15.7 Å². The fourth-order valence-corrected chi connectivity index (χ4v) is 2.23. The number of nitro benzene ring substituents is 1. The molecule has 0 aliphatic rings. The van der Waals surface area contributed by atoms with Crippen LogP contribution in [0.15, 0.2) is 18.2 Å². The molecular formula is C12H15N3O3S. The Labute approximate surface area is 114 Å². The van der Waals surface area contributed by atoms with Crippen LogP contribution in [-0.2, 0) is 10.8 Å². The first kappa shape index (κ1) is 15.1. The second-order valence-electron chi connectivity index (χ2n) is 4.21. The Bertz CT molecular complexity index is 540. The summed E-state index contributed by atoms with van der Waals surface area (Å²) < 4.78 is 11.0. The number of non-ortho nitro benzene ring substituents is 1. The molecule has 0 fully saturated rings. The molecule has 1 N–H and O–H groups in total. The zero-order valence-corrected chi connectivity index (χ0v) is 11.6. The molecule has 0 aromatic heterocycles. The maximum Gasteiger partial charge on any atom is 0.270 e. The molecule has 2 unspecified atom stereocenters. The minimum Gasteiger partial charge on any atom is -0.381 e. The van der Waals surface area contributed by atoms with E-state index in [2.05, 4.69) is 5.32 Å². The SMILES string of the molecule is CC(CCS(C)=O)Nc1ccc([N+](=O)[O-])cc1C#N. The highest BCUT2D eigenvalue weighted by molar-refractivity contribution is 7.84. The van der Waals surface area contributed by atoms with E-state index in [1.165, 1.54) is 18.2 Å². The quantitative estimate of drug-likeness (QED) is 0.635. The predicted molar refractivity (Wildman–Crippen MR) is 74.4 cm³/mol. The van der Waals surface area contributed by atoms with Crippen molar-refractivity contribution in [2.75, 3.05) is 17.3 Å². The molecule has 19 heavy (non-hydrogen) atoms. The van der Waals surface area contributed by atoms with Crippen molar-refractivity contribution in [1.29, 1.82) is 5.26 Å². The topological polar surface area (TPSA) is 96.0 Å². The molecule has 1 aromatic rings. The smallest absolute Gasteiger partial charge is 0.270 e. The summed E-state index contributed by atoms with van der Waals surface area (Å²) in [4.78, 5) is 10.1. The number of anilines is 1. The van der Waals surface area contributed by atoms with Gasteiger partial charge in [-0.15, -0.1) is 0 Å². The third-order valence-electron chi connectivity index (χ3n) is 2.57. The van der Waals surface area contributed by atoms with Crippen molar-refractivity contribution in [1.82, 2.24) is 0 Å². The Hall–Kier alpha value is -1.94. The number of hydrogen-bond acceptors (Lipinski definition) is 5. The van der Waals surface area contributed by atoms with Gasteiger partial charge >= 0.3 is 0 Å². The lowest BCUT2D eigenvalue weighted by Crippen LogP contribution is -2.18. The molecule has 102 valence electrons. The van der Waals surface area contributed by atoms with Crippen LogP contribution >= 0.6 is 0 Å². The van der Waals surface area contributed by atoms with Gasteiger partial charge in [-0.2, -0.15) is 5.26 Å². The Kier molecular flexibility index (Phi) is 5.45. The Morgan fingerprint density at radius 1 is 1.58 bits per heavy atom.